The molecule has 4 heterocycles. The maximum absolute atomic E-state index is 6.07. The van der Waals surface area contributed by atoms with E-state index in [1.165, 1.54) is 16.3 Å². The number of furan rings is 1. The molecule has 0 spiro atoms. The first-order valence-corrected chi connectivity index (χ1v) is 22.1. The van der Waals surface area contributed by atoms with E-state index in [4.69, 9.17) is 9.40 Å². The second-order valence-electron chi connectivity index (χ2n) is 15.4. The van der Waals surface area contributed by atoms with Gasteiger partial charge < -0.3 is 14.4 Å². The maximum atomic E-state index is 6.07. The molecule has 0 saturated heterocycles. The first-order chi connectivity index (χ1) is 23.9. The van der Waals surface area contributed by atoms with Crippen molar-refractivity contribution in [1.82, 2.24) is 15.0 Å². The van der Waals surface area contributed by atoms with E-state index in [-0.39, 0.29) is 25.5 Å². The molecule has 51 heavy (non-hydrogen) atoms. The van der Waals surface area contributed by atoms with Crippen molar-refractivity contribution in [3.8, 4) is 22.5 Å². The summed E-state index contributed by atoms with van der Waals surface area (Å²) in [5, 5.41) is 3.62. The van der Waals surface area contributed by atoms with E-state index >= 15 is 0 Å². The molecule has 1 radical (unpaired) electrons. The molecule has 6 heteroatoms. The number of rotatable bonds is 11. The third-order valence-corrected chi connectivity index (χ3v) is 12.5. The Morgan fingerprint density at radius 3 is 2.18 bits per heavy atom. The summed E-state index contributed by atoms with van der Waals surface area (Å²) >= 11 is 0. The zero-order valence-corrected chi connectivity index (χ0v) is 35.7. The standard InChI is InChI=1S/C27H31N2O.C18H24NSi.Ir/c1-6-18(7-2)23-12-11-21-22-16-19(10-13-25(22)30-26(21)29-23)24-17-20(14-15-28-24)27(5,8-3)9-4;1-14(2)11-16-12-17(15-9-7-6-8-10-15)19-13-18(16)20(3,4)5;/h11-18H,6-9H2,1-5H3;6-9,12-14H,11H2,1-5H3;/q2*-1;. The third kappa shape index (κ3) is 9.33. The van der Waals surface area contributed by atoms with Gasteiger partial charge in [0.15, 0.2) is 0 Å². The number of hydrogen-bond donors (Lipinski definition) is 0. The van der Waals surface area contributed by atoms with Crippen LogP contribution in [-0.4, -0.2) is 23.0 Å². The molecule has 0 bridgehead atoms. The fourth-order valence-electron chi connectivity index (χ4n) is 6.79. The van der Waals surface area contributed by atoms with Crippen LogP contribution in [0.2, 0.25) is 19.6 Å². The predicted octanol–water partition coefficient (Wildman–Crippen LogP) is 12.1. The molecule has 6 rings (SSSR count). The second kappa shape index (κ2) is 17.4. The number of nitrogens with zero attached hydrogens (tertiary/aromatic N) is 3. The smallest absolute Gasteiger partial charge is 0.216 e. The van der Waals surface area contributed by atoms with Gasteiger partial charge in [-0.1, -0.05) is 91.2 Å². The molecule has 0 aliphatic rings. The van der Waals surface area contributed by atoms with E-state index in [0.29, 0.717) is 17.5 Å². The normalized spacial score (nSPS) is 11.9. The van der Waals surface area contributed by atoms with Gasteiger partial charge in [0.05, 0.1) is 13.7 Å². The van der Waals surface area contributed by atoms with Crippen LogP contribution in [0.4, 0.5) is 0 Å². The first-order valence-electron chi connectivity index (χ1n) is 18.6. The van der Waals surface area contributed by atoms with E-state index < -0.39 is 8.07 Å². The zero-order valence-electron chi connectivity index (χ0n) is 32.3. The number of hydrogen-bond acceptors (Lipinski definition) is 4. The predicted molar refractivity (Wildman–Crippen MR) is 215 cm³/mol. The Bertz CT molecular complexity index is 2020. The van der Waals surface area contributed by atoms with Gasteiger partial charge in [0.2, 0.25) is 5.71 Å². The Labute approximate surface area is 321 Å². The van der Waals surface area contributed by atoms with Gasteiger partial charge in [0.1, 0.15) is 0 Å². The van der Waals surface area contributed by atoms with Crippen LogP contribution >= 0.6 is 0 Å². The Balaban J connectivity index is 0.000000243. The number of fused-ring (bicyclic) bond motifs is 3. The summed E-state index contributed by atoms with van der Waals surface area (Å²) in [7, 11) is -1.34. The molecule has 0 saturated carbocycles. The number of benzene rings is 2. The van der Waals surface area contributed by atoms with Crippen molar-refractivity contribution in [2.24, 2.45) is 5.92 Å². The van der Waals surface area contributed by atoms with Crippen LogP contribution in [0.15, 0.2) is 83.5 Å². The van der Waals surface area contributed by atoms with Crippen LogP contribution in [0.3, 0.4) is 0 Å². The van der Waals surface area contributed by atoms with Gasteiger partial charge in [-0.15, -0.1) is 59.7 Å². The molecule has 0 N–H and O–H groups in total. The van der Waals surface area contributed by atoms with Crippen LogP contribution < -0.4 is 5.19 Å². The van der Waals surface area contributed by atoms with Crippen molar-refractivity contribution in [3.63, 3.8) is 0 Å². The molecule has 0 fully saturated rings. The fraction of sp³-hybridized carbons (Fsp3) is 0.400. The summed E-state index contributed by atoms with van der Waals surface area (Å²) in [6, 6.07) is 29.7. The Hall–Kier alpha value is -3.44. The van der Waals surface area contributed by atoms with Crippen LogP contribution in [0, 0.1) is 18.1 Å². The molecule has 4 aromatic heterocycles. The van der Waals surface area contributed by atoms with E-state index in [1.807, 2.05) is 30.5 Å². The summed E-state index contributed by atoms with van der Waals surface area (Å²) in [4.78, 5) is 14.2. The minimum Gasteiger partial charge on any atom is -0.486 e. The van der Waals surface area contributed by atoms with Crippen molar-refractivity contribution < 1.29 is 24.5 Å². The van der Waals surface area contributed by atoms with Crippen LogP contribution in [-0.2, 0) is 31.9 Å². The molecular formula is C45H55IrN3OSi-2. The fourth-order valence-corrected chi connectivity index (χ4v) is 8.38. The molecule has 0 amide bonds. The van der Waals surface area contributed by atoms with Gasteiger partial charge in [-0.05, 0) is 83.8 Å². The van der Waals surface area contributed by atoms with Crippen LogP contribution in [0.25, 0.3) is 44.6 Å². The van der Waals surface area contributed by atoms with Crippen molar-refractivity contribution in [2.75, 3.05) is 0 Å². The van der Waals surface area contributed by atoms with Gasteiger partial charge >= 0.3 is 0 Å². The Morgan fingerprint density at radius 2 is 1.55 bits per heavy atom. The van der Waals surface area contributed by atoms with Crippen LogP contribution in [0.5, 0.6) is 0 Å². The molecule has 2 aromatic carbocycles. The van der Waals surface area contributed by atoms with Gasteiger partial charge in [-0.25, -0.2) is 4.98 Å². The number of aromatic nitrogens is 3. The molecule has 271 valence electrons. The van der Waals surface area contributed by atoms with Crippen molar-refractivity contribution in [3.05, 3.63) is 108 Å². The monoisotopic (exact) mass is 874 g/mol. The Morgan fingerprint density at radius 1 is 0.824 bits per heavy atom. The molecule has 0 unspecified atom stereocenters. The summed E-state index contributed by atoms with van der Waals surface area (Å²) < 4.78 is 6.07. The number of pyridine rings is 3. The summed E-state index contributed by atoms with van der Waals surface area (Å²) in [6.07, 6.45) is 9.54. The maximum Gasteiger partial charge on any atom is 0.216 e. The summed E-state index contributed by atoms with van der Waals surface area (Å²) in [5.41, 5.74) is 9.70. The van der Waals surface area contributed by atoms with Gasteiger partial charge in [0, 0.05) is 49.5 Å². The van der Waals surface area contributed by atoms with Crippen molar-refractivity contribution in [2.45, 2.75) is 112 Å². The SMILES string of the molecule is CC(C)Cc1cc(-c2[c-]cccc2)ncc1[Si](C)(C)C.CCC(CC)c1ccc2c(n1)oc1c[c-]c(-c3cc(C(C)(CC)CC)ccn3)cc12.[Ir]. The Kier molecular flexibility index (Phi) is 13.7. The third-order valence-electron chi connectivity index (χ3n) is 10.4. The van der Waals surface area contributed by atoms with Crippen molar-refractivity contribution >= 4 is 35.3 Å². The summed E-state index contributed by atoms with van der Waals surface area (Å²) in [6.45, 7) is 23.0. The summed E-state index contributed by atoms with van der Waals surface area (Å²) in [5.74, 6) is 1.14. The zero-order chi connectivity index (χ0) is 36.1. The largest absolute Gasteiger partial charge is 0.486 e. The van der Waals surface area contributed by atoms with E-state index in [9.17, 15) is 0 Å². The van der Waals surface area contributed by atoms with Gasteiger partial charge in [-0.3, -0.25) is 0 Å². The van der Waals surface area contributed by atoms with E-state index in [2.05, 4.69) is 139 Å². The average Bonchev–Trinajstić information content (AvgIpc) is 3.49. The topological polar surface area (TPSA) is 51.8 Å². The molecule has 0 aliphatic carbocycles. The quantitative estimate of drug-likeness (QED) is 0.0961. The van der Waals surface area contributed by atoms with Crippen LogP contribution in [0.1, 0.15) is 96.9 Å². The van der Waals surface area contributed by atoms with Crippen molar-refractivity contribution in [1.29, 1.82) is 0 Å². The molecule has 6 aromatic rings. The molecule has 4 nitrogen and oxygen atoms in total. The van der Waals surface area contributed by atoms with E-state index in [0.717, 1.165) is 76.7 Å². The minimum atomic E-state index is -1.34. The molecule has 0 aliphatic heterocycles. The van der Waals surface area contributed by atoms with Gasteiger partial charge in [-0.2, -0.15) is 0 Å². The molecule has 0 atom stereocenters. The van der Waals surface area contributed by atoms with Gasteiger partial charge in [0.25, 0.3) is 0 Å². The molecular weight excluding hydrogens is 819 g/mol. The van der Waals surface area contributed by atoms with E-state index in [1.54, 1.807) is 0 Å². The first kappa shape index (κ1) is 40.3. The average molecular weight is 874 g/mol. The minimum absolute atomic E-state index is 0. The second-order valence-corrected chi connectivity index (χ2v) is 20.4.